The van der Waals surface area contributed by atoms with E-state index in [0.29, 0.717) is 17.0 Å². The zero-order chi connectivity index (χ0) is 18.2. The summed E-state index contributed by atoms with van der Waals surface area (Å²) in [6.07, 6.45) is 3.22. The second-order valence-electron chi connectivity index (χ2n) is 6.08. The van der Waals surface area contributed by atoms with Crippen molar-refractivity contribution in [3.8, 4) is 0 Å². The minimum atomic E-state index is -3.20. The molecule has 3 aromatic rings. The van der Waals surface area contributed by atoms with Gasteiger partial charge in [-0.05, 0) is 42.3 Å². The van der Waals surface area contributed by atoms with Crippen LogP contribution in [0, 0.1) is 6.92 Å². The van der Waals surface area contributed by atoms with Crippen LogP contribution in [-0.4, -0.2) is 32.3 Å². The molecule has 0 aliphatic carbocycles. The minimum Gasteiger partial charge on any atom is -0.465 e. The molecule has 0 aliphatic rings. The van der Waals surface area contributed by atoms with Crippen molar-refractivity contribution in [2.75, 3.05) is 13.4 Å². The summed E-state index contributed by atoms with van der Waals surface area (Å²) in [7, 11) is -1.84. The van der Waals surface area contributed by atoms with E-state index in [2.05, 4.69) is 0 Å². The molecular weight excluding hydrogens is 338 g/mol. The molecule has 1 aromatic heterocycles. The van der Waals surface area contributed by atoms with E-state index in [4.69, 9.17) is 4.74 Å². The molecule has 0 saturated carbocycles. The van der Waals surface area contributed by atoms with Gasteiger partial charge in [-0.1, -0.05) is 18.2 Å². The predicted molar refractivity (Wildman–Crippen MR) is 96.7 cm³/mol. The zero-order valence-electron chi connectivity index (χ0n) is 14.3. The standard InChI is InChI=1S/C19H19NO4S/c1-13-11-20(12-14-4-7-16(8-5-14)25(3,22)23)18-10-15(19(21)24-2)6-9-17(13)18/h4-11H,12H2,1-3H3. The molecule has 0 fully saturated rings. The number of fused-ring (bicyclic) bond motifs is 1. The van der Waals surface area contributed by atoms with Crippen LogP contribution in [0.15, 0.2) is 53.6 Å². The lowest BCUT2D eigenvalue weighted by Gasteiger charge is -2.08. The Labute approximate surface area is 146 Å². The number of hydrogen-bond acceptors (Lipinski definition) is 4. The Morgan fingerprint density at radius 3 is 2.40 bits per heavy atom. The molecule has 0 radical (unpaired) electrons. The number of methoxy groups -OCH3 is 1. The quantitative estimate of drug-likeness (QED) is 0.673. The van der Waals surface area contributed by atoms with E-state index in [1.807, 2.05) is 42.0 Å². The van der Waals surface area contributed by atoms with Gasteiger partial charge in [-0.3, -0.25) is 0 Å². The molecule has 25 heavy (non-hydrogen) atoms. The second kappa shape index (κ2) is 6.37. The second-order valence-corrected chi connectivity index (χ2v) is 8.10. The molecule has 0 spiro atoms. The fraction of sp³-hybridized carbons (Fsp3) is 0.211. The summed E-state index contributed by atoms with van der Waals surface area (Å²) >= 11 is 0. The van der Waals surface area contributed by atoms with Crippen LogP contribution in [-0.2, 0) is 21.1 Å². The molecule has 0 atom stereocenters. The molecule has 0 aliphatic heterocycles. The van der Waals surface area contributed by atoms with E-state index in [-0.39, 0.29) is 5.97 Å². The average Bonchev–Trinajstić information content (AvgIpc) is 2.89. The van der Waals surface area contributed by atoms with Gasteiger partial charge in [-0.2, -0.15) is 0 Å². The van der Waals surface area contributed by atoms with Gasteiger partial charge >= 0.3 is 5.97 Å². The van der Waals surface area contributed by atoms with Crippen LogP contribution < -0.4 is 0 Å². The monoisotopic (exact) mass is 357 g/mol. The highest BCUT2D eigenvalue weighted by Crippen LogP contribution is 2.24. The number of aryl methyl sites for hydroxylation is 1. The lowest BCUT2D eigenvalue weighted by molar-refractivity contribution is 0.0601. The van der Waals surface area contributed by atoms with Gasteiger partial charge in [0.2, 0.25) is 0 Å². The Kier molecular flexibility index (Phi) is 4.39. The first-order chi connectivity index (χ1) is 11.8. The van der Waals surface area contributed by atoms with Crippen LogP contribution in [0.4, 0.5) is 0 Å². The van der Waals surface area contributed by atoms with Crippen LogP contribution in [0.5, 0.6) is 0 Å². The van der Waals surface area contributed by atoms with E-state index in [1.165, 1.54) is 13.4 Å². The first kappa shape index (κ1) is 17.2. The number of sulfone groups is 1. The summed E-state index contributed by atoms with van der Waals surface area (Å²) < 4.78 is 30.0. The Bertz CT molecular complexity index is 1050. The SMILES string of the molecule is COC(=O)c1ccc2c(C)cn(Cc3ccc(S(C)(=O)=O)cc3)c2c1. The molecule has 130 valence electrons. The average molecular weight is 357 g/mol. The molecule has 0 N–H and O–H groups in total. The van der Waals surface area contributed by atoms with Gasteiger partial charge < -0.3 is 9.30 Å². The predicted octanol–water partition coefficient (Wildman–Crippen LogP) is 3.19. The fourth-order valence-corrected chi connectivity index (χ4v) is 3.52. The maximum absolute atomic E-state index is 11.8. The van der Waals surface area contributed by atoms with Crippen molar-refractivity contribution in [1.82, 2.24) is 4.57 Å². The Morgan fingerprint density at radius 1 is 1.12 bits per heavy atom. The van der Waals surface area contributed by atoms with E-state index in [9.17, 15) is 13.2 Å². The number of esters is 1. The lowest BCUT2D eigenvalue weighted by Crippen LogP contribution is -2.03. The number of benzene rings is 2. The third-order valence-corrected chi connectivity index (χ3v) is 5.34. The number of aromatic nitrogens is 1. The first-order valence-electron chi connectivity index (χ1n) is 7.76. The van der Waals surface area contributed by atoms with Crippen LogP contribution in [0.2, 0.25) is 0 Å². The highest BCUT2D eigenvalue weighted by atomic mass is 32.2. The molecule has 2 aromatic carbocycles. The summed E-state index contributed by atoms with van der Waals surface area (Å²) in [5.74, 6) is -0.371. The van der Waals surface area contributed by atoms with Crippen molar-refractivity contribution in [2.24, 2.45) is 0 Å². The molecule has 0 bridgehead atoms. The van der Waals surface area contributed by atoms with Crippen molar-refractivity contribution >= 4 is 26.7 Å². The third kappa shape index (κ3) is 3.44. The van der Waals surface area contributed by atoms with Crippen LogP contribution in [0.25, 0.3) is 10.9 Å². The fourth-order valence-electron chi connectivity index (χ4n) is 2.89. The first-order valence-corrected chi connectivity index (χ1v) is 9.65. The van der Waals surface area contributed by atoms with Gasteiger partial charge in [0.25, 0.3) is 0 Å². The molecular formula is C19H19NO4S. The lowest BCUT2D eigenvalue weighted by atomic mass is 10.1. The van der Waals surface area contributed by atoms with E-state index < -0.39 is 9.84 Å². The van der Waals surface area contributed by atoms with Crippen molar-refractivity contribution in [2.45, 2.75) is 18.4 Å². The highest BCUT2D eigenvalue weighted by molar-refractivity contribution is 7.90. The Balaban J connectivity index is 1.99. The number of carbonyl (C=O) groups excluding carboxylic acids is 1. The van der Waals surface area contributed by atoms with Crippen molar-refractivity contribution in [3.05, 3.63) is 65.4 Å². The molecule has 0 saturated heterocycles. The number of carbonyl (C=O) groups is 1. The van der Waals surface area contributed by atoms with Gasteiger partial charge in [0.05, 0.1) is 17.6 Å². The molecule has 0 unspecified atom stereocenters. The Hall–Kier alpha value is -2.60. The van der Waals surface area contributed by atoms with Crippen LogP contribution >= 0.6 is 0 Å². The number of rotatable bonds is 4. The van der Waals surface area contributed by atoms with E-state index >= 15 is 0 Å². The number of hydrogen-bond donors (Lipinski definition) is 0. The van der Waals surface area contributed by atoms with Gasteiger partial charge in [0.15, 0.2) is 9.84 Å². The third-order valence-electron chi connectivity index (χ3n) is 4.21. The van der Waals surface area contributed by atoms with Crippen molar-refractivity contribution < 1.29 is 17.9 Å². The molecule has 6 heteroatoms. The summed E-state index contributed by atoms with van der Waals surface area (Å²) in [6, 6.07) is 12.3. The normalized spacial score (nSPS) is 11.6. The van der Waals surface area contributed by atoms with Gasteiger partial charge in [0, 0.05) is 29.9 Å². The maximum Gasteiger partial charge on any atom is 0.337 e. The van der Waals surface area contributed by atoms with E-state index in [0.717, 1.165) is 22.0 Å². The summed E-state index contributed by atoms with van der Waals surface area (Å²) in [6.45, 7) is 2.60. The Morgan fingerprint density at radius 2 is 1.80 bits per heavy atom. The van der Waals surface area contributed by atoms with Crippen molar-refractivity contribution in [3.63, 3.8) is 0 Å². The smallest absolute Gasteiger partial charge is 0.337 e. The van der Waals surface area contributed by atoms with E-state index in [1.54, 1.807) is 18.2 Å². The maximum atomic E-state index is 11.8. The van der Waals surface area contributed by atoms with Crippen LogP contribution in [0.1, 0.15) is 21.5 Å². The minimum absolute atomic E-state index is 0.303. The topological polar surface area (TPSA) is 65.4 Å². The van der Waals surface area contributed by atoms with Crippen LogP contribution in [0.3, 0.4) is 0 Å². The molecule has 1 heterocycles. The number of ether oxygens (including phenoxy) is 1. The molecule has 5 nitrogen and oxygen atoms in total. The summed E-state index contributed by atoms with van der Waals surface area (Å²) in [5, 5.41) is 1.07. The van der Waals surface area contributed by atoms with Gasteiger partial charge in [-0.15, -0.1) is 0 Å². The van der Waals surface area contributed by atoms with Gasteiger partial charge in [0.1, 0.15) is 0 Å². The largest absolute Gasteiger partial charge is 0.465 e. The molecule has 3 rings (SSSR count). The number of nitrogens with zero attached hydrogens (tertiary/aromatic N) is 1. The van der Waals surface area contributed by atoms with Gasteiger partial charge in [-0.25, -0.2) is 13.2 Å². The zero-order valence-corrected chi connectivity index (χ0v) is 15.1. The highest BCUT2D eigenvalue weighted by Gasteiger charge is 2.12. The summed E-state index contributed by atoms with van der Waals surface area (Å²) in [5.41, 5.74) is 3.53. The van der Waals surface area contributed by atoms with Crippen molar-refractivity contribution in [1.29, 1.82) is 0 Å². The molecule has 0 amide bonds. The summed E-state index contributed by atoms with van der Waals surface area (Å²) in [4.78, 5) is 12.1.